The Labute approximate surface area is 148 Å². The molecule has 2 aromatic carbocycles. The molecule has 0 aromatic heterocycles. The van der Waals surface area contributed by atoms with Crippen LogP contribution in [0.25, 0.3) is 0 Å². The van der Waals surface area contributed by atoms with Gasteiger partial charge in [-0.25, -0.2) is 0 Å². The minimum atomic E-state index is -0.401. The number of amides is 1. The zero-order chi connectivity index (χ0) is 17.5. The van der Waals surface area contributed by atoms with Crippen molar-refractivity contribution < 1.29 is 19.5 Å². The number of hydrogen-bond donors (Lipinski definition) is 2. The van der Waals surface area contributed by atoms with E-state index in [2.05, 4.69) is 10.5 Å². The maximum absolute atomic E-state index is 12.0. The number of ether oxygens (including phenoxy) is 2. The molecule has 0 aliphatic carbocycles. The standard InChI is InChI=1S/C16H14Cl2N2O4/c1-23-14-7-10(8-19-22)6-12(18)16(14)24-9-15(21)20-13-5-3-2-4-11(13)17/h2-8,22H,9H2,1H3,(H,20,21). The first-order valence-electron chi connectivity index (χ1n) is 6.77. The van der Waals surface area contributed by atoms with Gasteiger partial charge in [-0.3, -0.25) is 4.79 Å². The van der Waals surface area contributed by atoms with Crippen LogP contribution < -0.4 is 14.8 Å². The fourth-order valence-corrected chi connectivity index (χ4v) is 2.36. The molecule has 0 saturated heterocycles. The molecule has 0 radical (unpaired) electrons. The van der Waals surface area contributed by atoms with Crippen molar-refractivity contribution in [2.24, 2.45) is 5.16 Å². The zero-order valence-corrected chi connectivity index (χ0v) is 14.1. The van der Waals surface area contributed by atoms with Crippen LogP contribution in [-0.4, -0.2) is 31.0 Å². The number of nitrogens with one attached hydrogen (secondary N) is 1. The summed E-state index contributed by atoms with van der Waals surface area (Å²) in [5.74, 6) is 0.119. The van der Waals surface area contributed by atoms with Gasteiger partial charge >= 0.3 is 0 Å². The lowest BCUT2D eigenvalue weighted by Gasteiger charge is -2.13. The summed E-state index contributed by atoms with van der Waals surface area (Å²) in [6, 6.07) is 9.94. The number of anilines is 1. The van der Waals surface area contributed by atoms with Crippen molar-refractivity contribution in [2.75, 3.05) is 19.0 Å². The highest BCUT2D eigenvalue weighted by Gasteiger charge is 2.14. The highest BCUT2D eigenvalue weighted by Crippen LogP contribution is 2.36. The average Bonchev–Trinajstić information content (AvgIpc) is 2.56. The van der Waals surface area contributed by atoms with Crippen molar-refractivity contribution in [1.82, 2.24) is 0 Å². The highest BCUT2D eigenvalue weighted by atomic mass is 35.5. The van der Waals surface area contributed by atoms with Gasteiger partial charge in [0.25, 0.3) is 5.91 Å². The summed E-state index contributed by atoms with van der Waals surface area (Å²) in [5, 5.41) is 14.8. The molecule has 8 heteroatoms. The first-order chi connectivity index (χ1) is 11.5. The molecule has 126 valence electrons. The van der Waals surface area contributed by atoms with E-state index >= 15 is 0 Å². The number of para-hydroxylation sites is 1. The Kier molecular flexibility index (Phi) is 6.28. The molecular formula is C16H14Cl2N2O4. The van der Waals surface area contributed by atoms with Gasteiger partial charge in [0.2, 0.25) is 0 Å². The fourth-order valence-electron chi connectivity index (χ4n) is 1.91. The molecule has 6 nitrogen and oxygen atoms in total. The van der Waals surface area contributed by atoms with Crippen molar-refractivity contribution in [3.63, 3.8) is 0 Å². The minimum Gasteiger partial charge on any atom is -0.493 e. The lowest BCUT2D eigenvalue weighted by Crippen LogP contribution is -2.20. The predicted octanol–water partition coefficient (Wildman–Crippen LogP) is 3.83. The number of methoxy groups -OCH3 is 1. The summed E-state index contributed by atoms with van der Waals surface area (Å²) in [7, 11) is 1.43. The predicted molar refractivity (Wildman–Crippen MR) is 93.0 cm³/mol. The Morgan fingerprint density at radius 1 is 1.29 bits per heavy atom. The van der Waals surface area contributed by atoms with Crippen molar-refractivity contribution in [1.29, 1.82) is 0 Å². The third-order valence-corrected chi connectivity index (χ3v) is 3.56. The second kappa shape index (κ2) is 8.42. The van der Waals surface area contributed by atoms with Gasteiger partial charge in [-0.05, 0) is 24.3 Å². The molecule has 0 saturated carbocycles. The normalized spacial score (nSPS) is 10.6. The lowest BCUT2D eigenvalue weighted by molar-refractivity contribution is -0.118. The van der Waals surface area contributed by atoms with E-state index in [9.17, 15) is 4.79 Å². The van der Waals surface area contributed by atoms with E-state index in [4.69, 9.17) is 37.9 Å². The highest BCUT2D eigenvalue weighted by molar-refractivity contribution is 6.33. The van der Waals surface area contributed by atoms with E-state index in [0.717, 1.165) is 0 Å². The molecule has 2 N–H and O–H groups in total. The molecule has 0 fully saturated rings. The molecule has 1 amide bonds. The number of carbonyl (C=O) groups is 1. The summed E-state index contributed by atoms with van der Waals surface area (Å²) in [6.45, 7) is -0.283. The van der Waals surface area contributed by atoms with Crippen LogP contribution in [0.5, 0.6) is 11.5 Å². The van der Waals surface area contributed by atoms with Crippen LogP contribution in [0.4, 0.5) is 5.69 Å². The molecule has 0 unspecified atom stereocenters. The lowest BCUT2D eigenvalue weighted by atomic mass is 10.2. The molecule has 0 aliphatic heterocycles. The summed E-state index contributed by atoms with van der Waals surface area (Å²) in [6.07, 6.45) is 1.20. The molecule has 24 heavy (non-hydrogen) atoms. The zero-order valence-electron chi connectivity index (χ0n) is 12.6. The summed E-state index contributed by atoms with van der Waals surface area (Å²) >= 11 is 12.1. The van der Waals surface area contributed by atoms with Crippen LogP contribution in [0.1, 0.15) is 5.56 Å². The minimum absolute atomic E-state index is 0.212. The third kappa shape index (κ3) is 4.53. The van der Waals surface area contributed by atoms with Gasteiger partial charge < -0.3 is 20.0 Å². The number of halogens is 2. The Balaban J connectivity index is 2.08. The van der Waals surface area contributed by atoms with Crippen LogP contribution in [0.2, 0.25) is 10.0 Å². The molecule has 0 bridgehead atoms. The molecule has 2 rings (SSSR count). The number of hydrogen-bond acceptors (Lipinski definition) is 5. The van der Waals surface area contributed by atoms with Gasteiger partial charge in [-0.2, -0.15) is 0 Å². The van der Waals surface area contributed by atoms with Crippen molar-refractivity contribution in [3.8, 4) is 11.5 Å². The van der Waals surface area contributed by atoms with E-state index in [0.29, 0.717) is 22.0 Å². The Morgan fingerprint density at radius 3 is 2.71 bits per heavy atom. The topological polar surface area (TPSA) is 80.2 Å². The molecule has 0 spiro atoms. The van der Waals surface area contributed by atoms with Crippen molar-refractivity contribution in [3.05, 3.63) is 52.0 Å². The van der Waals surface area contributed by atoms with Gasteiger partial charge in [0.1, 0.15) is 0 Å². The first-order valence-corrected chi connectivity index (χ1v) is 7.53. The van der Waals surface area contributed by atoms with Crippen LogP contribution in [0.15, 0.2) is 41.6 Å². The molecule has 0 heterocycles. The van der Waals surface area contributed by atoms with Gasteiger partial charge in [-0.1, -0.05) is 40.5 Å². The summed E-state index contributed by atoms with van der Waals surface area (Å²) < 4.78 is 10.6. The monoisotopic (exact) mass is 368 g/mol. The fraction of sp³-hybridized carbons (Fsp3) is 0.125. The third-order valence-electron chi connectivity index (χ3n) is 2.95. The number of oxime groups is 1. The van der Waals surface area contributed by atoms with E-state index < -0.39 is 5.91 Å². The maximum Gasteiger partial charge on any atom is 0.262 e. The van der Waals surface area contributed by atoms with E-state index in [1.807, 2.05) is 0 Å². The van der Waals surface area contributed by atoms with Crippen LogP contribution >= 0.6 is 23.2 Å². The second-order valence-electron chi connectivity index (χ2n) is 4.60. The Morgan fingerprint density at radius 2 is 2.04 bits per heavy atom. The SMILES string of the molecule is COc1cc(C=NO)cc(Cl)c1OCC(=O)Nc1ccccc1Cl. The van der Waals surface area contributed by atoms with Crippen molar-refractivity contribution in [2.45, 2.75) is 0 Å². The van der Waals surface area contributed by atoms with Gasteiger partial charge in [0, 0.05) is 5.56 Å². The van der Waals surface area contributed by atoms with E-state index in [-0.39, 0.29) is 17.4 Å². The molecule has 2 aromatic rings. The van der Waals surface area contributed by atoms with E-state index in [1.54, 1.807) is 30.3 Å². The maximum atomic E-state index is 12.0. The number of benzene rings is 2. The molecular weight excluding hydrogens is 355 g/mol. The summed E-state index contributed by atoms with van der Waals surface area (Å²) in [4.78, 5) is 12.0. The average molecular weight is 369 g/mol. The van der Waals surface area contributed by atoms with Gasteiger partial charge in [0.15, 0.2) is 18.1 Å². The van der Waals surface area contributed by atoms with E-state index in [1.165, 1.54) is 19.4 Å². The Hall–Kier alpha value is -2.44. The van der Waals surface area contributed by atoms with Crippen molar-refractivity contribution >= 4 is 41.0 Å². The van der Waals surface area contributed by atoms with Crippen LogP contribution in [0.3, 0.4) is 0 Å². The smallest absolute Gasteiger partial charge is 0.262 e. The quantitative estimate of drug-likeness (QED) is 0.461. The summed E-state index contributed by atoms with van der Waals surface area (Å²) in [5.41, 5.74) is 1.01. The second-order valence-corrected chi connectivity index (χ2v) is 5.41. The Bertz CT molecular complexity index is 766. The van der Waals surface area contributed by atoms with Gasteiger partial charge in [0.05, 0.1) is 29.1 Å². The first kappa shape index (κ1) is 17.9. The largest absolute Gasteiger partial charge is 0.493 e. The van der Waals surface area contributed by atoms with Crippen LogP contribution in [0, 0.1) is 0 Å². The number of rotatable bonds is 6. The molecule has 0 aliphatic rings. The van der Waals surface area contributed by atoms with Gasteiger partial charge in [-0.15, -0.1) is 0 Å². The molecule has 0 atom stereocenters. The number of carbonyl (C=O) groups excluding carboxylic acids is 1. The number of nitrogens with zero attached hydrogens (tertiary/aromatic N) is 1. The van der Waals surface area contributed by atoms with Crippen LogP contribution in [-0.2, 0) is 4.79 Å².